The molecule has 1 aliphatic rings. The molecule has 1 atom stereocenters. The fourth-order valence-electron chi connectivity index (χ4n) is 1.85. The van der Waals surface area contributed by atoms with Crippen LogP contribution in [0.15, 0.2) is 6.20 Å². The molecule has 90 valence electrons. The maximum atomic E-state index is 5.49. The molecule has 2 rings (SSSR count). The van der Waals surface area contributed by atoms with Crippen LogP contribution in [0.25, 0.3) is 0 Å². The van der Waals surface area contributed by atoms with E-state index >= 15 is 0 Å². The van der Waals surface area contributed by atoms with Gasteiger partial charge in [-0.05, 0) is 18.8 Å². The van der Waals surface area contributed by atoms with Crippen molar-refractivity contribution in [3.63, 3.8) is 0 Å². The molecular formula is C12H21N3O. The minimum absolute atomic E-state index is 0.160. The van der Waals surface area contributed by atoms with Crippen molar-refractivity contribution in [3.05, 3.63) is 17.7 Å². The number of H-pyrrole nitrogens is 1. The summed E-state index contributed by atoms with van der Waals surface area (Å²) in [7, 11) is 1.76. The molecular weight excluding hydrogens is 202 g/mol. The molecule has 0 amide bonds. The third-order valence-electron chi connectivity index (χ3n) is 2.92. The van der Waals surface area contributed by atoms with E-state index in [1.165, 1.54) is 12.8 Å². The fraction of sp³-hybridized carbons (Fsp3) is 0.750. The van der Waals surface area contributed by atoms with Gasteiger partial charge in [-0.3, -0.25) is 0 Å². The molecule has 0 radical (unpaired) electrons. The van der Waals surface area contributed by atoms with Gasteiger partial charge in [0.05, 0.1) is 0 Å². The highest BCUT2D eigenvalue weighted by Crippen LogP contribution is 2.41. The topological polar surface area (TPSA) is 49.9 Å². The van der Waals surface area contributed by atoms with E-state index in [2.05, 4.69) is 29.1 Å². The summed E-state index contributed by atoms with van der Waals surface area (Å²) in [5.74, 6) is 1.65. The van der Waals surface area contributed by atoms with E-state index in [4.69, 9.17) is 4.74 Å². The Morgan fingerprint density at radius 1 is 1.56 bits per heavy atom. The van der Waals surface area contributed by atoms with Gasteiger partial charge in [0.2, 0.25) is 0 Å². The normalized spacial score (nSPS) is 18.0. The molecule has 0 spiro atoms. The SMILES string of the molecule is COC(c1ncc(CNC(C)C)[nH]1)C1CC1. The standard InChI is InChI=1S/C12H21N3O/c1-8(2)13-6-10-7-14-12(15-10)11(16-3)9-4-5-9/h7-9,11,13H,4-6H2,1-3H3,(H,14,15). The lowest BCUT2D eigenvalue weighted by Gasteiger charge is -2.11. The minimum atomic E-state index is 0.160. The first-order valence-corrected chi connectivity index (χ1v) is 6.00. The molecule has 1 heterocycles. The van der Waals surface area contributed by atoms with Crippen LogP contribution in [-0.4, -0.2) is 23.1 Å². The summed E-state index contributed by atoms with van der Waals surface area (Å²) >= 11 is 0. The van der Waals surface area contributed by atoms with Crippen molar-refractivity contribution in [2.75, 3.05) is 7.11 Å². The highest BCUT2D eigenvalue weighted by molar-refractivity contribution is 5.06. The maximum absolute atomic E-state index is 5.49. The molecule has 1 aliphatic carbocycles. The Morgan fingerprint density at radius 2 is 2.31 bits per heavy atom. The highest BCUT2D eigenvalue weighted by atomic mass is 16.5. The van der Waals surface area contributed by atoms with Crippen molar-refractivity contribution in [1.29, 1.82) is 0 Å². The van der Waals surface area contributed by atoms with Gasteiger partial charge in [-0.1, -0.05) is 13.8 Å². The Hall–Kier alpha value is -0.870. The van der Waals surface area contributed by atoms with Crippen LogP contribution in [0.1, 0.15) is 44.3 Å². The fourth-order valence-corrected chi connectivity index (χ4v) is 1.85. The molecule has 4 heteroatoms. The second kappa shape index (κ2) is 4.97. The van der Waals surface area contributed by atoms with Gasteiger partial charge in [-0.25, -0.2) is 4.98 Å². The predicted octanol–water partition coefficient (Wildman–Crippen LogP) is 2.01. The number of ether oxygens (including phenoxy) is 1. The Bertz CT molecular complexity index is 331. The number of aromatic nitrogens is 2. The van der Waals surface area contributed by atoms with Crippen molar-refractivity contribution in [3.8, 4) is 0 Å². The second-order valence-corrected chi connectivity index (χ2v) is 4.82. The lowest BCUT2D eigenvalue weighted by atomic mass is 10.2. The summed E-state index contributed by atoms with van der Waals surface area (Å²) in [4.78, 5) is 7.75. The third-order valence-corrected chi connectivity index (χ3v) is 2.92. The van der Waals surface area contributed by atoms with Crippen LogP contribution in [0.4, 0.5) is 0 Å². The summed E-state index contributed by atoms with van der Waals surface area (Å²) in [6, 6.07) is 0.494. The van der Waals surface area contributed by atoms with Crippen LogP contribution in [0.3, 0.4) is 0 Å². The largest absolute Gasteiger partial charge is 0.373 e. The van der Waals surface area contributed by atoms with Gasteiger partial charge in [0.1, 0.15) is 11.9 Å². The highest BCUT2D eigenvalue weighted by Gasteiger charge is 2.34. The molecule has 1 unspecified atom stereocenters. The third kappa shape index (κ3) is 2.83. The van der Waals surface area contributed by atoms with Gasteiger partial charge in [0.15, 0.2) is 0 Å². The first-order chi connectivity index (χ1) is 7.70. The predicted molar refractivity (Wildman–Crippen MR) is 63.0 cm³/mol. The number of rotatable bonds is 6. The molecule has 1 aromatic rings. The quantitative estimate of drug-likeness (QED) is 0.775. The summed E-state index contributed by atoms with van der Waals surface area (Å²) in [5.41, 5.74) is 1.13. The van der Waals surface area contributed by atoms with Crippen LogP contribution in [0.5, 0.6) is 0 Å². The zero-order chi connectivity index (χ0) is 11.5. The van der Waals surface area contributed by atoms with E-state index < -0.39 is 0 Å². The molecule has 0 saturated heterocycles. The number of hydrogen-bond acceptors (Lipinski definition) is 3. The molecule has 2 N–H and O–H groups in total. The second-order valence-electron chi connectivity index (χ2n) is 4.82. The van der Waals surface area contributed by atoms with E-state index in [-0.39, 0.29) is 6.10 Å². The lowest BCUT2D eigenvalue weighted by Crippen LogP contribution is -2.22. The van der Waals surface area contributed by atoms with Crippen molar-refractivity contribution in [2.45, 2.75) is 45.4 Å². The van der Waals surface area contributed by atoms with Gasteiger partial charge < -0.3 is 15.0 Å². The van der Waals surface area contributed by atoms with Crippen molar-refractivity contribution in [2.24, 2.45) is 5.92 Å². The zero-order valence-electron chi connectivity index (χ0n) is 10.3. The van der Waals surface area contributed by atoms with Crippen LogP contribution in [-0.2, 0) is 11.3 Å². The van der Waals surface area contributed by atoms with E-state index in [1.54, 1.807) is 7.11 Å². The average molecular weight is 223 g/mol. The monoisotopic (exact) mass is 223 g/mol. The molecule has 1 aromatic heterocycles. The number of imidazole rings is 1. The molecule has 0 aliphatic heterocycles. The molecule has 1 saturated carbocycles. The Balaban J connectivity index is 1.95. The Labute approximate surface area is 96.8 Å². The van der Waals surface area contributed by atoms with E-state index in [1.807, 2.05) is 6.20 Å². The molecule has 4 nitrogen and oxygen atoms in total. The summed E-state index contributed by atoms with van der Waals surface area (Å²) < 4.78 is 5.49. The van der Waals surface area contributed by atoms with E-state index in [0.717, 1.165) is 18.1 Å². The molecule has 0 bridgehead atoms. The number of methoxy groups -OCH3 is 1. The van der Waals surface area contributed by atoms with Crippen molar-refractivity contribution in [1.82, 2.24) is 15.3 Å². The molecule has 16 heavy (non-hydrogen) atoms. The minimum Gasteiger partial charge on any atom is -0.373 e. The van der Waals surface area contributed by atoms with E-state index in [0.29, 0.717) is 12.0 Å². The maximum Gasteiger partial charge on any atom is 0.135 e. The number of nitrogens with one attached hydrogen (secondary N) is 2. The molecule has 1 fully saturated rings. The number of hydrogen-bond donors (Lipinski definition) is 2. The first kappa shape index (κ1) is 11.6. The van der Waals surface area contributed by atoms with Crippen LogP contribution >= 0.6 is 0 Å². The van der Waals surface area contributed by atoms with Crippen LogP contribution < -0.4 is 5.32 Å². The van der Waals surface area contributed by atoms with Gasteiger partial charge >= 0.3 is 0 Å². The van der Waals surface area contributed by atoms with Crippen molar-refractivity contribution < 1.29 is 4.74 Å². The van der Waals surface area contributed by atoms with Gasteiger partial charge in [-0.2, -0.15) is 0 Å². The van der Waals surface area contributed by atoms with Crippen LogP contribution in [0.2, 0.25) is 0 Å². The number of nitrogens with zero attached hydrogens (tertiary/aromatic N) is 1. The van der Waals surface area contributed by atoms with Gasteiger partial charge in [-0.15, -0.1) is 0 Å². The van der Waals surface area contributed by atoms with Crippen molar-refractivity contribution >= 4 is 0 Å². The summed E-state index contributed by atoms with van der Waals surface area (Å²) in [6.45, 7) is 5.12. The lowest BCUT2D eigenvalue weighted by molar-refractivity contribution is 0.0778. The summed E-state index contributed by atoms with van der Waals surface area (Å²) in [6.07, 6.45) is 4.59. The summed E-state index contributed by atoms with van der Waals surface area (Å²) in [5, 5.41) is 3.36. The number of aromatic amines is 1. The van der Waals surface area contributed by atoms with Gasteiger partial charge in [0.25, 0.3) is 0 Å². The Kier molecular flexibility index (Phi) is 3.61. The smallest absolute Gasteiger partial charge is 0.135 e. The average Bonchev–Trinajstić information content (AvgIpc) is 2.96. The van der Waals surface area contributed by atoms with Crippen LogP contribution in [0, 0.1) is 5.92 Å². The first-order valence-electron chi connectivity index (χ1n) is 6.00. The molecule has 0 aromatic carbocycles. The van der Waals surface area contributed by atoms with E-state index in [9.17, 15) is 0 Å². The van der Waals surface area contributed by atoms with Gasteiger partial charge in [0, 0.05) is 31.6 Å². The Morgan fingerprint density at radius 3 is 2.88 bits per heavy atom. The zero-order valence-corrected chi connectivity index (χ0v) is 10.3.